The standard InChI is InChI=1S/C13H23N3O7/c1-6(2)3-8(15-11(20)7(14)5-17)12(21)16-9(13(22)23)4-10(18)19/h6-9,17H,3-5,14H2,1-2H3,(H,15,20)(H,16,21)(H,18,19)(H,22,23)/t7-,8-,9-/m0/s1. The van der Waals surface area contributed by atoms with E-state index < -0.39 is 54.9 Å². The zero-order valence-electron chi connectivity index (χ0n) is 13.0. The molecule has 0 aromatic heterocycles. The van der Waals surface area contributed by atoms with E-state index in [0.29, 0.717) is 0 Å². The van der Waals surface area contributed by atoms with Gasteiger partial charge in [-0.3, -0.25) is 14.4 Å². The van der Waals surface area contributed by atoms with Crippen LogP contribution in [0.3, 0.4) is 0 Å². The van der Waals surface area contributed by atoms with Gasteiger partial charge in [-0.15, -0.1) is 0 Å². The lowest BCUT2D eigenvalue weighted by Gasteiger charge is -2.23. The van der Waals surface area contributed by atoms with Gasteiger partial charge in [-0.25, -0.2) is 4.79 Å². The molecule has 0 spiro atoms. The molecule has 0 rings (SSSR count). The molecule has 0 aliphatic heterocycles. The molecule has 10 heteroatoms. The molecule has 3 atom stereocenters. The van der Waals surface area contributed by atoms with Crippen LogP contribution in [0.5, 0.6) is 0 Å². The van der Waals surface area contributed by atoms with Crippen molar-refractivity contribution in [2.24, 2.45) is 11.7 Å². The fourth-order valence-corrected chi connectivity index (χ4v) is 1.71. The highest BCUT2D eigenvalue weighted by atomic mass is 16.4. The number of nitrogens with two attached hydrogens (primary N) is 1. The number of aliphatic hydroxyl groups excluding tert-OH is 1. The first-order valence-electron chi connectivity index (χ1n) is 7.00. The van der Waals surface area contributed by atoms with Crippen molar-refractivity contribution in [1.82, 2.24) is 10.6 Å². The van der Waals surface area contributed by atoms with Gasteiger partial charge in [0.1, 0.15) is 18.1 Å². The molecule has 0 aliphatic carbocycles. The first-order chi connectivity index (χ1) is 10.6. The zero-order valence-corrected chi connectivity index (χ0v) is 13.0. The number of hydrogen-bond acceptors (Lipinski definition) is 6. The van der Waals surface area contributed by atoms with Crippen LogP contribution in [0.1, 0.15) is 26.7 Å². The smallest absolute Gasteiger partial charge is 0.326 e. The van der Waals surface area contributed by atoms with Crippen LogP contribution in [-0.4, -0.2) is 63.8 Å². The Labute approximate surface area is 133 Å². The summed E-state index contributed by atoms with van der Waals surface area (Å²) in [4.78, 5) is 45.4. The number of aliphatic hydroxyl groups is 1. The summed E-state index contributed by atoms with van der Waals surface area (Å²) in [6.07, 6.45) is -0.602. The molecule has 0 aromatic carbocycles. The van der Waals surface area contributed by atoms with E-state index >= 15 is 0 Å². The van der Waals surface area contributed by atoms with Gasteiger partial charge in [0.25, 0.3) is 0 Å². The monoisotopic (exact) mass is 333 g/mol. The van der Waals surface area contributed by atoms with Crippen LogP contribution in [0.25, 0.3) is 0 Å². The molecule has 0 saturated heterocycles. The number of carboxylic acid groups (broad SMARTS) is 2. The van der Waals surface area contributed by atoms with Crippen molar-refractivity contribution in [3.8, 4) is 0 Å². The number of carboxylic acids is 2. The van der Waals surface area contributed by atoms with Gasteiger partial charge in [0, 0.05) is 0 Å². The molecule has 0 heterocycles. The Morgan fingerprint density at radius 3 is 1.91 bits per heavy atom. The van der Waals surface area contributed by atoms with E-state index in [0.717, 1.165) is 0 Å². The number of hydrogen-bond donors (Lipinski definition) is 6. The molecule has 2 amide bonds. The molecule has 0 aliphatic rings. The topological polar surface area (TPSA) is 179 Å². The van der Waals surface area contributed by atoms with E-state index in [1.54, 1.807) is 13.8 Å². The van der Waals surface area contributed by atoms with Crippen LogP contribution >= 0.6 is 0 Å². The number of aliphatic carboxylic acids is 2. The van der Waals surface area contributed by atoms with E-state index in [2.05, 4.69) is 10.6 Å². The van der Waals surface area contributed by atoms with E-state index in [-0.39, 0.29) is 12.3 Å². The van der Waals surface area contributed by atoms with Crippen LogP contribution < -0.4 is 16.4 Å². The number of carbonyl (C=O) groups excluding carboxylic acids is 2. The molecule has 132 valence electrons. The highest BCUT2D eigenvalue weighted by Gasteiger charge is 2.29. The van der Waals surface area contributed by atoms with Gasteiger partial charge in [-0.1, -0.05) is 13.8 Å². The van der Waals surface area contributed by atoms with E-state index in [9.17, 15) is 19.2 Å². The van der Waals surface area contributed by atoms with Crippen LogP contribution in [0.4, 0.5) is 0 Å². The molecule has 0 aromatic rings. The normalized spacial score (nSPS) is 14.7. The molecule has 0 unspecified atom stereocenters. The van der Waals surface area contributed by atoms with Crippen molar-refractivity contribution in [2.75, 3.05) is 6.61 Å². The summed E-state index contributed by atoms with van der Waals surface area (Å²) in [7, 11) is 0. The molecule has 7 N–H and O–H groups in total. The first-order valence-corrected chi connectivity index (χ1v) is 7.00. The third kappa shape index (κ3) is 8.12. The van der Waals surface area contributed by atoms with Crippen molar-refractivity contribution < 1.29 is 34.5 Å². The molecular weight excluding hydrogens is 310 g/mol. The summed E-state index contributed by atoms with van der Waals surface area (Å²) >= 11 is 0. The molecule has 0 radical (unpaired) electrons. The maximum absolute atomic E-state index is 12.1. The van der Waals surface area contributed by atoms with Crippen LogP contribution in [0.15, 0.2) is 0 Å². The van der Waals surface area contributed by atoms with Gasteiger partial charge in [-0.2, -0.15) is 0 Å². The molecule has 0 bridgehead atoms. The van der Waals surface area contributed by atoms with E-state index in [4.69, 9.17) is 21.1 Å². The van der Waals surface area contributed by atoms with Gasteiger partial charge < -0.3 is 31.7 Å². The molecular formula is C13H23N3O7. The SMILES string of the molecule is CC(C)C[C@H](NC(=O)[C@@H](N)CO)C(=O)N[C@@H](CC(=O)O)C(=O)O. The second-order valence-corrected chi connectivity index (χ2v) is 5.48. The maximum atomic E-state index is 12.1. The van der Waals surface area contributed by atoms with Crippen molar-refractivity contribution >= 4 is 23.8 Å². The Morgan fingerprint density at radius 1 is 1.00 bits per heavy atom. The summed E-state index contributed by atoms with van der Waals surface area (Å²) in [5, 5.41) is 30.8. The first kappa shape index (κ1) is 20.8. The van der Waals surface area contributed by atoms with Gasteiger partial charge in [0.15, 0.2) is 0 Å². The van der Waals surface area contributed by atoms with Crippen LogP contribution in [0.2, 0.25) is 0 Å². The highest BCUT2D eigenvalue weighted by molar-refractivity contribution is 5.92. The van der Waals surface area contributed by atoms with Gasteiger partial charge >= 0.3 is 11.9 Å². The Morgan fingerprint density at radius 2 is 1.52 bits per heavy atom. The largest absolute Gasteiger partial charge is 0.481 e. The van der Waals surface area contributed by atoms with Crippen molar-refractivity contribution in [2.45, 2.75) is 44.8 Å². The second kappa shape index (κ2) is 9.74. The van der Waals surface area contributed by atoms with Crippen LogP contribution in [-0.2, 0) is 19.2 Å². The van der Waals surface area contributed by atoms with Crippen molar-refractivity contribution in [3.63, 3.8) is 0 Å². The van der Waals surface area contributed by atoms with E-state index in [1.165, 1.54) is 0 Å². The summed E-state index contributed by atoms with van der Waals surface area (Å²) in [6.45, 7) is 2.95. The summed E-state index contributed by atoms with van der Waals surface area (Å²) in [6, 6.07) is -3.92. The Bertz CT molecular complexity index is 453. The highest BCUT2D eigenvalue weighted by Crippen LogP contribution is 2.06. The quantitative estimate of drug-likeness (QED) is 0.262. The minimum absolute atomic E-state index is 0.0147. The predicted molar refractivity (Wildman–Crippen MR) is 78.3 cm³/mol. The number of carbonyl (C=O) groups is 4. The molecule has 10 nitrogen and oxygen atoms in total. The fraction of sp³-hybridized carbons (Fsp3) is 0.692. The van der Waals surface area contributed by atoms with Crippen molar-refractivity contribution in [1.29, 1.82) is 0 Å². The van der Waals surface area contributed by atoms with Crippen molar-refractivity contribution in [3.05, 3.63) is 0 Å². The Hall–Kier alpha value is -2.20. The van der Waals surface area contributed by atoms with E-state index in [1.807, 2.05) is 0 Å². The Kier molecular flexibility index (Phi) is 8.81. The third-order valence-electron chi connectivity index (χ3n) is 2.87. The van der Waals surface area contributed by atoms with Gasteiger partial charge in [0.2, 0.25) is 11.8 Å². The average molecular weight is 333 g/mol. The van der Waals surface area contributed by atoms with Gasteiger partial charge in [0.05, 0.1) is 13.0 Å². The second-order valence-electron chi connectivity index (χ2n) is 5.48. The number of rotatable bonds is 10. The number of nitrogens with one attached hydrogen (secondary N) is 2. The minimum Gasteiger partial charge on any atom is -0.481 e. The number of amides is 2. The lowest BCUT2D eigenvalue weighted by molar-refractivity contribution is -0.147. The summed E-state index contributed by atoms with van der Waals surface area (Å²) in [5.41, 5.74) is 5.35. The molecule has 0 saturated carbocycles. The third-order valence-corrected chi connectivity index (χ3v) is 2.87. The summed E-state index contributed by atoms with van der Waals surface area (Å²) in [5.74, 6) is -4.49. The van der Waals surface area contributed by atoms with Crippen LogP contribution in [0, 0.1) is 5.92 Å². The lowest BCUT2D eigenvalue weighted by Crippen LogP contribution is -2.55. The van der Waals surface area contributed by atoms with Gasteiger partial charge in [-0.05, 0) is 12.3 Å². The average Bonchev–Trinajstić information content (AvgIpc) is 2.43. The maximum Gasteiger partial charge on any atom is 0.326 e. The fourth-order valence-electron chi connectivity index (χ4n) is 1.71. The molecule has 0 fully saturated rings. The molecule has 23 heavy (non-hydrogen) atoms. The summed E-state index contributed by atoms with van der Waals surface area (Å²) < 4.78 is 0. The predicted octanol–water partition coefficient (Wildman–Crippen LogP) is -2.12. The lowest BCUT2D eigenvalue weighted by atomic mass is 10.0. The minimum atomic E-state index is -1.61. The Balaban J connectivity index is 5.01. The zero-order chi connectivity index (χ0) is 18.2.